The molecule has 1 N–H and O–H groups in total. The molecule has 3 aromatic carbocycles. The van der Waals surface area contributed by atoms with E-state index in [1.54, 1.807) is 24.5 Å². The average molecular weight is 468 g/mol. The van der Waals surface area contributed by atoms with Gasteiger partial charge in [-0.3, -0.25) is 0 Å². The molecule has 0 saturated heterocycles. The van der Waals surface area contributed by atoms with Gasteiger partial charge in [0.15, 0.2) is 0 Å². The Balaban J connectivity index is 1.71. The molecule has 0 spiro atoms. The van der Waals surface area contributed by atoms with Crippen LogP contribution < -0.4 is 4.74 Å². The van der Waals surface area contributed by atoms with Gasteiger partial charge in [-0.05, 0) is 82.5 Å². The molecule has 0 radical (unpaired) electrons. The second kappa shape index (κ2) is 9.65. The van der Waals surface area contributed by atoms with Gasteiger partial charge in [0.2, 0.25) is 0 Å². The number of rotatable bonds is 7. The van der Waals surface area contributed by atoms with E-state index in [-0.39, 0.29) is 0 Å². The first-order valence-corrected chi connectivity index (χ1v) is 12.2. The highest BCUT2D eigenvalue weighted by atomic mass is 32.1. The van der Waals surface area contributed by atoms with E-state index in [1.807, 2.05) is 29.8 Å². The van der Waals surface area contributed by atoms with E-state index in [4.69, 9.17) is 9.84 Å². The summed E-state index contributed by atoms with van der Waals surface area (Å²) in [4.78, 5) is 15.5. The molecule has 0 amide bonds. The van der Waals surface area contributed by atoms with Gasteiger partial charge in [0.25, 0.3) is 0 Å². The number of aromatic nitrogens is 1. The number of allylic oxidation sites excluding steroid dienone is 1. The van der Waals surface area contributed by atoms with Crippen LogP contribution in [0.3, 0.4) is 0 Å². The molecular weight excluding hydrogens is 442 g/mol. The Labute approximate surface area is 202 Å². The summed E-state index contributed by atoms with van der Waals surface area (Å²) in [5.41, 5.74) is 9.76. The van der Waals surface area contributed by atoms with Crippen molar-refractivity contribution in [3.8, 4) is 5.75 Å². The molecule has 0 unspecified atom stereocenters. The minimum atomic E-state index is -0.951. The lowest BCUT2D eigenvalue weighted by Gasteiger charge is -2.31. The fourth-order valence-corrected chi connectivity index (χ4v) is 5.13. The first-order valence-electron chi connectivity index (χ1n) is 11.4. The van der Waals surface area contributed by atoms with Gasteiger partial charge in [-0.1, -0.05) is 48.9 Å². The van der Waals surface area contributed by atoms with Crippen LogP contribution in [-0.4, -0.2) is 23.2 Å². The van der Waals surface area contributed by atoms with Crippen LogP contribution >= 0.6 is 11.3 Å². The maximum atomic E-state index is 10.9. The standard InChI is InChI=1S/C29H25NO3S/c1-33-24-13-10-22(11-14-24)28(20-3-2-4-20)29(23-12-15-26-25(17-23)30-18-34-26)21-8-5-19(6-9-21)7-16-27(31)32/h5-18,20H,2-4H2,1H3,(H,31,32). The van der Waals surface area contributed by atoms with Crippen LogP contribution in [0, 0.1) is 5.92 Å². The minimum Gasteiger partial charge on any atom is -0.497 e. The lowest BCUT2D eigenvalue weighted by Crippen LogP contribution is -2.15. The summed E-state index contributed by atoms with van der Waals surface area (Å²) in [6.07, 6.45) is 6.36. The van der Waals surface area contributed by atoms with Crippen LogP contribution in [0.2, 0.25) is 0 Å². The van der Waals surface area contributed by atoms with Gasteiger partial charge in [-0.15, -0.1) is 11.3 Å². The summed E-state index contributed by atoms with van der Waals surface area (Å²) < 4.78 is 6.57. The smallest absolute Gasteiger partial charge is 0.328 e. The summed E-state index contributed by atoms with van der Waals surface area (Å²) in [7, 11) is 1.69. The van der Waals surface area contributed by atoms with Crippen molar-refractivity contribution in [1.82, 2.24) is 4.98 Å². The van der Waals surface area contributed by atoms with Gasteiger partial charge in [-0.2, -0.15) is 0 Å². The van der Waals surface area contributed by atoms with E-state index in [1.165, 1.54) is 46.7 Å². The van der Waals surface area contributed by atoms with Crippen LogP contribution in [0.1, 0.15) is 41.5 Å². The minimum absolute atomic E-state index is 0.487. The summed E-state index contributed by atoms with van der Waals surface area (Å²) >= 11 is 1.65. The third kappa shape index (κ3) is 4.52. The van der Waals surface area contributed by atoms with Crippen LogP contribution in [0.5, 0.6) is 5.75 Å². The number of fused-ring (bicyclic) bond motifs is 1. The molecular formula is C29H25NO3S. The molecule has 1 saturated carbocycles. The fraction of sp³-hybridized carbons (Fsp3) is 0.172. The highest BCUT2D eigenvalue weighted by Gasteiger charge is 2.27. The molecule has 170 valence electrons. The van der Waals surface area contributed by atoms with Gasteiger partial charge in [-0.25, -0.2) is 9.78 Å². The van der Waals surface area contributed by atoms with Gasteiger partial charge in [0, 0.05) is 6.08 Å². The zero-order valence-corrected chi connectivity index (χ0v) is 19.7. The number of aliphatic carboxylic acids is 1. The van der Waals surface area contributed by atoms with E-state index in [0.29, 0.717) is 5.92 Å². The van der Waals surface area contributed by atoms with Gasteiger partial charge < -0.3 is 9.84 Å². The van der Waals surface area contributed by atoms with E-state index in [2.05, 4.69) is 47.4 Å². The molecule has 5 rings (SSSR count). The van der Waals surface area contributed by atoms with Crippen molar-refractivity contribution in [2.45, 2.75) is 19.3 Å². The molecule has 1 aliphatic carbocycles. The molecule has 0 aliphatic heterocycles. The molecule has 5 heteroatoms. The number of ether oxygens (including phenoxy) is 1. The van der Waals surface area contributed by atoms with Crippen LogP contribution in [0.25, 0.3) is 27.4 Å². The maximum Gasteiger partial charge on any atom is 0.328 e. The number of thiazole rings is 1. The van der Waals surface area contributed by atoms with Crippen LogP contribution in [0.15, 0.2) is 78.3 Å². The summed E-state index contributed by atoms with van der Waals surface area (Å²) in [6, 6.07) is 23.0. The monoisotopic (exact) mass is 467 g/mol. The zero-order valence-electron chi connectivity index (χ0n) is 18.9. The topological polar surface area (TPSA) is 59.4 Å². The first kappa shape index (κ1) is 22.1. The fourth-order valence-electron chi connectivity index (χ4n) is 4.47. The summed E-state index contributed by atoms with van der Waals surface area (Å²) in [5, 5.41) is 8.96. The average Bonchev–Trinajstić information content (AvgIpc) is 3.30. The van der Waals surface area contributed by atoms with E-state index in [0.717, 1.165) is 28.0 Å². The molecule has 4 aromatic rings. The molecule has 0 atom stereocenters. The number of carboxylic acids is 1. The zero-order chi connectivity index (χ0) is 23.5. The summed E-state index contributed by atoms with van der Waals surface area (Å²) in [5.74, 6) is 0.380. The number of hydrogen-bond acceptors (Lipinski definition) is 4. The van der Waals surface area contributed by atoms with Crippen LogP contribution in [0.4, 0.5) is 0 Å². The largest absolute Gasteiger partial charge is 0.497 e. The molecule has 1 fully saturated rings. The molecule has 0 bridgehead atoms. The highest BCUT2D eigenvalue weighted by Crippen LogP contribution is 2.45. The normalized spacial score (nSPS) is 14.7. The van der Waals surface area contributed by atoms with Crippen molar-refractivity contribution < 1.29 is 14.6 Å². The third-order valence-corrected chi connectivity index (χ3v) is 7.23. The Morgan fingerprint density at radius 3 is 2.35 bits per heavy atom. The summed E-state index contributed by atoms with van der Waals surface area (Å²) in [6.45, 7) is 0. The molecule has 1 heterocycles. The quantitative estimate of drug-likeness (QED) is 0.231. The Kier molecular flexibility index (Phi) is 6.28. The molecule has 34 heavy (non-hydrogen) atoms. The molecule has 4 nitrogen and oxygen atoms in total. The van der Waals surface area contributed by atoms with Crippen molar-refractivity contribution in [3.63, 3.8) is 0 Å². The lowest BCUT2D eigenvalue weighted by atomic mass is 9.73. The van der Waals surface area contributed by atoms with Crippen molar-refractivity contribution in [3.05, 3.63) is 101 Å². The molecule has 1 aliphatic rings. The van der Waals surface area contributed by atoms with Crippen molar-refractivity contribution in [2.75, 3.05) is 7.11 Å². The van der Waals surface area contributed by atoms with Crippen LogP contribution in [-0.2, 0) is 4.79 Å². The SMILES string of the molecule is COc1ccc(C(=C(c2ccc(C=CC(=O)O)cc2)c2ccc3scnc3c2)C2CCC2)cc1. The number of nitrogens with zero attached hydrogens (tertiary/aromatic N) is 1. The van der Waals surface area contributed by atoms with E-state index in [9.17, 15) is 4.79 Å². The van der Waals surface area contributed by atoms with Crippen molar-refractivity contribution >= 4 is 44.7 Å². The second-order valence-electron chi connectivity index (χ2n) is 8.47. The number of benzene rings is 3. The number of carbonyl (C=O) groups is 1. The second-order valence-corrected chi connectivity index (χ2v) is 9.36. The van der Waals surface area contributed by atoms with Gasteiger partial charge in [0.1, 0.15) is 5.75 Å². The third-order valence-electron chi connectivity index (χ3n) is 6.42. The van der Waals surface area contributed by atoms with Gasteiger partial charge in [0.05, 0.1) is 22.8 Å². The van der Waals surface area contributed by atoms with E-state index < -0.39 is 5.97 Å². The van der Waals surface area contributed by atoms with Crippen molar-refractivity contribution in [2.24, 2.45) is 5.92 Å². The first-order chi connectivity index (χ1) is 16.6. The Hall–Kier alpha value is -3.70. The number of methoxy groups -OCH3 is 1. The molecule has 1 aromatic heterocycles. The highest BCUT2D eigenvalue weighted by molar-refractivity contribution is 7.16. The van der Waals surface area contributed by atoms with Crippen molar-refractivity contribution in [1.29, 1.82) is 0 Å². The predicted octanol–water partition coefficient (Wildman–Crippen LogP) is 7.16. The number of hydrogen-bond donors (Lipinski definition) is 1. The Morgan fingerprint density at radius 2 is 1.71 bits per heavy atom. The van der Waals surface area contributed by atoms with E-state index >= 15 is 0 Å². The van der Waals surface area contributed by atoms with Gasteiger partial charge >= 0.3 is 5.97 Å². The Morgan fingerprint density at radius 1 is 1.00 bits per heavy atom. The maximum absolute atomic E-state index is 10.9. The Bertz CT molecular complexity index is 1380. The number of carboxylic acid groups (broad SMARTS) is 1. The predicted molar refractivity (Wildman–Crippen MR) is 139 cm³/mol. The lowest BCUT2D eigenvalue weighted by molar-refractivity contribution is -0.131.